The van der Waals surface area contributed by atoms with Crippen LogP contribution in [0.1, 0.15) is 12.0 Å². The first kappa shape index (κ1) is 9.21. The molecule has 0 spiro atoms. The molecule has 0 saturated carbocycles. The number of anilines is 1. The third-order valence-corrected chi connectivity index (χ3v) is 2.45. The number of benzene rings is 1. The van der Waals surface area contributed by atoms with Crippen LogP contribution in [0.15, 0.2) is 24.3 Å². The highest BCUT2D eigenvalue weighted by atomic mass is 16.1. The molecule has 74 valence electrons. The largest absolute Gasteiger partial charge is 0.326 e. The molecule has 0 atom stereocenters. The third kappa shape index (κ3) is 1.93. The Morgan fingerprint density at radius 3 is 3.00 bits per heavy atom. The number of rotatable bonds is 0. The summed E-state index contributed by atoms with van der Waals surface area (Å²) in [6, 6.07) is 7.95. The number of nitrogens with zero attached hydrogens (tertiary/aromatic N) is 1. The smallest absolute Gasteiger partial charge is 0.225 e. The van der Waals surface area contributed by atoms with Crippen molar-refractivity contribution in [1.29, 1.82) is 0 Å². The maximum Gasteiger partial charge on any atom is 0.225 e. The molecule has 0 bridgehead atoms. The van der Waals surface area contributed by atoms with E-state index in [0.29, 0.717) is 6.42 Å². The van der Waals surface area contributed by atoms with Gasteiger partial charge >= 0.3 is 0 Å². The van der Waals surface area contributed by atoms with Gasteiger partial charge < -0.3 is 10.2 Å². The summed E-state index contributed by atoms with van der Waals surface area (Å²) < 4.78 is 0. The van der Waals surface area contributed by atoms with Gasteiger partial charge in [0.05, 0.1) is 0 Å². The predicted octanol–water partition coefficient (Wildman–Crippen LogP) is 1.46. The van der Waals surface area contributed by atoms with Crippen LogP contribution in [0.2, 0.25) is 0 Å². The van der Waals surface area contributed by atoms with Gasteiger partial charge in [0.25, 0.3) is 0 Å². The summed E-state index contributed by atoms with van der Waals surface area (Å²) in [4.78, 5) is 13.6. The van der Waals surface area contributed by atoms with Gasteiger partial charge in [-0.1, -0.05) is 18.2 Å². The first-order valence-corrected chi connectivity index (χ1v) is 4.82. The maximum atomic E-state index is 11.4. The number of carbonyl (C=O) groups excluding carboxylic acids is 1. The summed E-state index contributed by atoms with van der Waals surface area (Å²) in [7, 11) is 2.04. The highest BCUT2D eigenvalue weighted by Gasteiger charge is 2.12. The molecule has 14 heavy (non-hydrogen) atoms. The first-order chi connectivity index (χ1) is 6.75. The van der Waals surface area contributed by atoms with Crippen molar-refractivity contribution in [2.24, 2.45) is 0 Å². The Labute approximate surface area is 83.7 Å². The van der Waals surface area contributed by atoms with E-state index < -0.39 is 0 Å². The Morgan fingerprint density at radius 1 is 1.36 bits per heavy atom. The summed E-state index contributed by atoms with van der Waals surface area (Å²) in [5, 5.41) is 2.92. The second kappa shape index (κ2) is 3.80. The molecule has 1 amide bonds. The van der Waals surface area contributed by atoms with Crippen LogP contribution in [0, 0.1) is 0 Å². The van der Waals surface area contributed by atoms with Crippen LogP contribution < -0.4 is 5.32 Å². The molecule has 3 heteroatoms. The quantitative estimate of drug-likeness (QED) is 0.671. The number of para-hydroxylation sites is 1. The highest BCUT2D eigenvalue weighted by Crippen LogP contribution is 2.18. The molecule has 1 aromatic rings. The molecular weight excluding hydrogens is 176 g/mol. The van der Waals surface area contributed by atoms with Gasteiger partial charge in [0.15, 0.2) is 0 Å². The normalized spacial score (nSPS) is 17.9. The van der Waals surface area contributed by atoms with Gasteiger partial charge in [-0.15, -0.1) is 0 Å². The predicted molar refractivity (Wildman–Crippen MR) is 56.0 cm³/mol. The average Bonchev–Trinajstić information content (AvgIpc) is 2.16. The van der Waals surface area contributed by atoms with Gasteiger partial charge in [-0.3, -0.25) is 4.79 Å². The molecule has 1 aliphatic heterocycles. The topological polar surface area (TPSA) is 32.3 Å². The van der Waals surface area contributed by atoms with Crippen molar-refractivity contribution in [3.05, 3.63) is 29.8 Å². The summed E-state index contributed by atoms with van der Waals surface area (Å²) in [6.07, 6.45) is 0.574. The lowest BCUT2D eigenvalue weighted by Crippen LogP contribution is -2.27. The Balaban J connectivity index is 2.32. The van der Waals surface area contributed by atoms with Gasteiger partial charge in [0.2, 0.25) is 5.91 Å². The van der Waals surface area contributed by atoms with E-state index in [9.17, 15) is 4.79 Å². The number of nitrogens with one attached hydrogen (secondary N) is 1. The lowest BCUT2D eigenvalue weighted by molar-refractivity contribution is -0.116. The van der Waals surface area contributed by atoms with E-state index in [0.717, 1.165) is 18.8 Å². The van der Waals surface area contributed by atoms with Crippen LogP contribution in [-0.4, -0.2) is 24.4 Å². The third-order valence-electron chi connectivity index (χ3n) is 2.45. The van der Waals surface area contributed by atoms with Crippen molar-refractivity contribution in [2.75, 3.05) is 18.9 Å². The maximum absolute atomic E-state index is 11.4. The molecule has 0 radical (unpaired) electrons. The minimum absolute atomic E-state index is 0.101. The van der Waals surface area contributed by atoms with E-state index in [1.165, 1.54) is 5.56 Å². The molecule has 0 saturated heterocycles. The minimum Gasteiger partial charge on any atom is -0.326 e. The molecule has 3 nitrogen and oxygen atoms in total. The molecule has 0 aromatic heterocycles. The zero-order valence-corrected chi connectivity index (χ0v) is 8.29. The van der Waals surface area contributed by atoms with Crippen LogP contribution in [-0.2, 0) is 11.3 Å². The van der Waals surface area contributed by atoms with Crippen molar-refractivity contribution in [1.82, 2.24) is 4.90 Å². The van der Waals surface area contributed by atoms with E-state index in [-0.39, 0.29) is 5.91 Å². The average molecular weight is 190 g/mol. The van der Waals surface area contributed by atoms with Crippen LogP contribution in [0.4, 0.5) is 5.69 Å². The van der Waals surface area contributed by atoms with Gasteiger partial charge in [-0.05, 0) is 18.7 Å². The van der Waals surface area contributed by atoms with Crippen LogP contribution >= 0.6 is 0 Å². The summed E-state index contributed by atoms with van der Waals surface area (Å²) >= 11 is 0. The fourth-order valence-electron chi connectivity index (χ4n) is 1.66. The number of hydrogen-bond donors (Lipinski definition) is 1. The van der Waals surface area contributed by atoms with Crippen molar-refractivity contribution in [3.8, 4) is 0 Å². The Morgan fingerprint density at radius 2 is 2.14 bits per heavy atom. The molecule has 2 rings (SSSR count). The monoisotopic (exact) mass is 190 g/mol. The summed E-state index contributed by atoms with van der Waals surface area (Å²) in [6.45, 7) is 1.72. The van der Waals surface area contributed by atoms with Gasteiger partial charge in [-0.25, -0.2) is 0 Å². The number of hydrogen-bond acceptors (Lipinski definition) is 2. The molecule has 1 aromatic carbocycles. The Hall–Kier alpha value is -1.35. The molecular formula is C11H14N2O. The molecule has 0 aliphatic carbocycles. The van der Waals surface area contributed by atoms with Crippen molar-refractivity contribution < 1.29 is 4.79 Å². The zero-order valence-electron chi connectivity index (χ0n) is 8.29. The van der Waals surface area contributed by atoms with Crippen LogP contribution in [0.3, 0.4) is 0 Å². The van der Waals surface area contributed by atoms with Gasteiger partial charge in [-0.2, -0.15) is 0 Å². The van der Waals surface area contributed by atoms with E-state index in [2.05, 4.69) is 16.3 Å². The van der Waals surface area contributed by atoms with Crippen LogP contribution in [0.25, 0.3) is 0 Å². The number of carbonyl (C=O) groups is 1. The SMILES string of the molecule is CN1CCC(=O)Nc2ccccc2C1. The standard InChI is InChI=1S/C11H14N2O/c1-13-7-6-11(14)12-10-5-3-2-4-9(10)8-13/h2-5H,6-8H2,1H3,(H,12,14). The van der Waals surface area contributed by atoms with E-state index in [1.807, 2.05) is 25.2 Å². The second-order valence-corrected chi connectivity index (χ2v) is 3.69. The molecule has 1 heterocycles. The summed E-state index contributed by atoms with van der Waals surface area (Å²) in [5.41, 5.74) is 2.13. The molecule has 1 N–H and O–H groups in total. The van der Waals surface area contributed by atoms with E-state index in [4.69, 9.17) is 0 Å². The van der Waals surface area contributed by atoms with E-state index in [1.54, 1.807) is 0 Å². The lowest BCUT2D eigenvalue weighted by atomic mass is 10.1. The first-order valence-electron chi connectivity index (χ1n) is 4.82. The molecule has 0 fully saturated rings. The highest BCUT2D eigenvalue weighted by molar-refractivity contribution is 5.91. The fraction of sp³-hybridized carbons (Fsp3) is 0.364. The minimum atomic E-state index is 0.101. The van der Waals surface area contributed by atoms with Crippen molar-refractivity contribution in [2.45, 2.75) is 13.0 Å². The van der Waals surface area contributed by atoms with Crippen molar-refractivity contribution in [3.63, 3.8) is 0 Å². The Kier molecular flexibility index (Phi) is 2.50. The summed E-state index contributed by atoms with van der Waals surface area (Å²) in [5.74, 6) is 0.101. The fourth-order valence-corrected chi connectivity index (χ4v) is 1.66. The number of fused-ring (bicyclic) bond motifs is 1. The van der Waals surface area contributed by atoms with E-state index >= 15 is 0 Å². The van der Waals surface area contributed by atoms with Crippen LogP contribution in [0.5, 0.6) is 0 Å². The van der Waals surface area contributed by atoms with Gasteiger partial charge in [0, 0.05) is 25.2 Å². The molecule has 0 unspecified atom stereocenters. The lowest BCUT2D eigenvalue weighted by Gasteiger charge is -2.22. The zero-order chi connectivity index (χ0) is 9.97. The number of amides is 1. The van der Waals surface area contributed by atoms with Crippen molar-refractivity contribution >= 4 is 11.6 Å². The molecule has 1 aliphatic rings. The Bertz CT molecular complexity index is 349. The van der Waals surface area contributed by atoms with Gasteiger partial charge in [0.1, 0.15) is 0 Å². The second-order valence-electron chi connectivity index (χ2n) is 3.69.